The number of epoxide rings is 1. The van der Waals surface area contributed by atoms with Crippen LogP contribution in [0.4, 0.5) is 5.13 Å². The van der Waals surface area contributed by atoms with Crippen LogP contribution in [0.15, 0.2) is 108 Å². The third-order valence-electron chi connectivity index (χ3n) is 11.9. The molecule has 0 amide bonds. The number of hydrogen-bond donors (Lipinski definition) is 1. The van der Waals surface area contributed by atoms with Gasteiger partial charge in [-0.2, -0.15) is 0 Å². The number of carbonyl (C=O) groups is 4. The molecule has 75 heavy (non-hydrogen) atoms. The zero-order valence-corrected chi connectivity index (χ0v) is 43.7. The lowest BCUT2D eigenvalue weighted by atomic mass is 9.90. The second kappa shape index (κ2) is 26.8. The molecule has 0 bridgehead atoms. The summed E-state index contributed by atoms with van der Waals surface area (Å²) in [6.45, 7) is 2.47. The van der Waals surface area contributed by atoms with Gasteiger partial charge in [0.25, 0.3) is 0 Å². The fourth-order valence-corrected chi connectivity index (χ4v) is 10.1. The van der Waals surface area contributed by atoms with Crippen molar-refractivity contribution in [2.24, 2.45) is 5.92 Å². The molecule has 1 aliphatic carbocycles. The van der Waals surface area contributed by atoms with Crippen LogP contribution in [-0.2, 0) is 19.0 Å². The number of methoxy groups -OCH3 is 2. The molecule has 8 rings (SSSR count). The standard InChI is InChI=1S/C56H54N2O14S3/c1-4-50(59)67-28-10-11-29-68-51-46(63-2)31-38(32-47(51)64-3)54(62)69-40-21-17-36(18-22-40)52(60)70-41-23-25-44(49(33-41)75-56(73)58-55-57-42-12-6-7-13-48(42)74-55)72-53(61)37-15-19-39(20-16-37)66-27-9-5-8-26-65-34-35-14-24-43-45(30-35)71-43/h1,6-7,12-13,15-23,25,31-33,35,43,45H,5,8-11,14,24,26-30,34H2,2-3H3,(H,57,58,73). The molecule has 6 aromatic rings. The average Bonchev–Trinajstić information content (AvgIpc) is 4.09. The highest BCUT2D eigenvalue weighted by Gasteiger charge is 2.43. The normalized spacial score (nSPS) is 15.3. The number of thiazole rings is 1. The number of rotatable bonds is 25. The second-order valence-electron chi connectivity index (χ2n) is 17.2. The predicted molar refractivity (Wildman–Crippen MR) is 286 cm³/mol. The summed E-state index contributed by atoms with van der Waals surface area (Å²) in [6, 6.07) is 27.7. The summed E-state index contributed by atoms with van der Waals surface area (Å²) >= 11 is 8.25. The molecule has 0 radical (unpaired) electrons. The minimum atomic E-state index is -0.733. The number of thiocarbonyl (C=S) groups is 1. The van der Waals surface area contributed by atoms with Crippen molar-refractivity contribution in [1.82, 2.24) is 4.98 Å². The maximum atomic E-state index is 13.5. The highest BCUT2D eigenvalue weighted by molar-refractivity contribution is 8.23. The Morgan fingerprint density at radius 2 is 1.35 bits per heavy atom. The van der Waals surface area contributed by atoms with Crippen molar-refractivity contribution < 1.29 is 66.5 Å². The van der Waals surface area contributed by atoms with E-state index in [4.69, 9.17) is 66.0 Å². The third kappa shape index (κ3) is 15.7. The molecule has 1 saturated carbocycles. The zero-order chi connectivity index (χ0) is 52.5. The van der Waals surface area contributed by atoms with E-state index in [1.165, 1.54) is 80.5 Å². The number of thioether (sulfide) groups is 1. The maximum Gasteiger partial charge on any atom is 0.384 e. The van der Waals surface area contributed by atoms with Crippen LogP contribution in [0.25, 0.3) is 10.2 Å². The number of nitrogens with one attached hydrogen (secondary N) is 1. The highest BCUT2D eigenvalue weighted by atomic mass is 32.2. The number of unbranched alkanes of at least 4 members (excludes halogenated alkanes) is 3. The van der Waals surface area contributed by atoms with E-state index in [1.807, 2.05) is 30.2 Å². The Morgan fingerprint density at radius 1 is 0.707 bits per heavy atom. The van der Waals surface area contributed by atoms with Crippen LogP contribution < -0.4 is 38.5 Å². The lowest BCUT2D eigenvalue weighted by Gasteiger charge is -2.18. The van der Waals surface area contributed by atoms with Gasteiger partial charge in [0.2, 0.25) is 5.75 Å². The average molecular weight is 1080 g/mol. The summed E-state index contributed by atoms with van der Waals surface area (Å²) in [5.74, 6) is 1.52. The first kappa shape index (κ1) is 54.1. The van der Waals surface area contributed by atoms with Crippen LogP contribution in [0.5, 0.6) is 40.2 Å². The van der Waals surface area contributed by atoms with Crippen molar-refractivity contribution in [3.63, 3.8) is 0 Å². The van der Waals surface area contributed by atoms with Gasteiger partial charge in [-0.1, -0.05) is 47.4 Å². The van der Waals surface area contributed by atoms with E-state index in [1.54, 1.807) is 30.3 Å². The topological polar surface area (TPSA) is 189 Å². The quantitative estimate of drug-likeness (QED) is 0.00832. The van der Waals surface area contributed by atoms with Crippen molar-refractivity contribution in [3.8, 4) is 52.6 Å². The van der Waals surface area contributed by atoms with Gasteiger partial charge in [0, 0.05) is 19.1 Å². The van der Waals surface area contributed by atoms with E-state index in [9.17, 15) is 19.2 Å². The fourth-order valence-electron chi connectivity index (χ4n) is 7.98. The molecule has 0 spiro atoms. The Bertz CT molecular complexity index is 2950. The molecule has 5 aromatic carbocycles. The van der Waals surface area contributed by atoms with Crippen LogP contribution in [0, 0.1) is 18.3 Å². The minimum absolute atomic E-state index is 0.108. The van der Waals surface area contributed by atoms with Gasteiger partial charge >= 0.3 is 23.9 Å². The van der Waals surface area contributed by atoms with Gasteiger partial charge in [0.1, 0.15) is 27.3 Å². The van der Waals surface area contributed by atoms with Crippen LogP contribution in [0.1, 0.15) is 82.4 Å². The molecule has 2 fully saturated rings. The molecule has 1 aliphatic heterocycles. The van der Waals surface area contributed by atoms with Crippen molar-refractivity contribution in [2.75, 3.05) is 52.6 Å². The van der Waals surface area contributed by atoms with Gasteiger partial charge in [0.05, 0.1) is 78.1 Å². The van der Waals surface area contributed by atoms with Crippen LogP contribution in [-0.4, -0.2) is 92.6 Å². The largest absolute Gasteiger partial charge is 0.494 e. The molecule has 3 atom stereocenters. The van der Waals surface area contributed by atoms with E-state index in [0.717, 1.165) is 67.3 Å². The van der Waals surface area contributed by atoms with Crippen LogP contribution in [0.2, 0.25) is 0 Å². The van der Waals surface area contributed by atoms with Crippen molar-refractivity contribution in [3.05, 3.63) is 120 Å². The van der Waals surface area contributed by atoms with Gasteiger partial charge in [0.15, 0.2) is 16.6 Å². The number of esters is 4. The number of hydrogen-bond acceptors (Lipinski definition) is 18. The van der Waals surface area contributed by atoms with Gasteiger partial charge in [-0.3, -0.25) is 0 Å². The molecule has 16 nitrogen and oxygen atoms in total. The second-order valence-corrected chi connectivity index (χ2v) is 20.0. The number of para-hydroxylation sites is 1. The van der Waals surface area contributed by atoms with Crippen LogP contribution in [0.3, 0.4) is 0 Å². The fraction of sp³-hybridized carbons (Fsp3) is 0.321. The Kier molecular flexibility index (Phi) is 19.3. The Balaban J connectivity index is 0.854. The SMILES string of the molecule is C#CC(=O)OCCCCOc1c(OC)cc(C(=O)Oc2ccc(C(=O)Oc3ccc(OC(=O)c4ccc(OCCCCCOCC5CCC6OC6C5)cc4)c(SC(=S)Nc4nc5ccccc5s4)c3)cc2)cc1OC. The van der Waals surface area contributed by atoms with E-state index in [2.05, 4.69) is 10.3 Å². The van der Waals surface area contributed by atoms with E-state index >= 15 is 0 Å². The van der Waals surface area contributed by atoms with Gasteiger partial charge in [-0.05, 0) is 148 Å². The number of benzene rings is 5. The predicted octanol–water partition coefficient (Wildman–Crippen LogP) is 10.9. The van der Waals surface area contributed by atoms with Crippen molar-refractivity contribution >= 4 is 78.9 Å². The van der Waals surface area contributed by atoms with E-state index in [-0.39, 0.29) is 58.8 Å². The first-order chi connectivity index (χ1) is 36.5. The first-order valence-corrected chi connectivity index (χ1v) is 26.3. The minimum Gasteiger partial charge on any atom is -0.494 e. The monoisotopic (exact) mass is 1070 g/mol. The number of anilines is 1. The number of ether oxygens (including phenoxy) is 10. The molecular formula is C56H54N2O14S3. The molecule has 1 aromatic heterocycles. The van der Waals surface area contributed by atoms with Gasteiger partial charge < -0.3 is 52.7 Å². The summed E-state index contributed by atoms with van der Waals surface area (Å²) in [7, 11) is 2.84. The number of fused-ring (bicyclic) bond motifs is 2. The van der Waals surface area contributed by atoms with Gasteiger partial charge in [-0.15, -0.1) is 6.42 Å². The zero-order valence-electron chi connectivity index (χ0n) is 41.2. The Hall–Kier alpha value is -7.21. The summed E-state index contributed by atoms with van der Waals surface area (Å²) in [5, 5.41) is 3.73. The summed E-state index contributed by atoms with van der Waals surface area (Å²) in [5.41, 5.74) is 1.37. The number of aromatic nitrogens is 1. The van der Waals surface area contributed by atoms with Crippen LogP contribution >= 0.6 is 35.3 Å². The Labute approximate surface area is 447 Å². The first-order valence-electron chi connectivity index (χ1n) is 24.3. The molecule has 1 saturated heterocycles. The van der Waals surface area contributed by atoms with Crippen molar-refractivity contribution in [2.45, 2.75) is 68.5 Å². The Morgan fingerprint density at radius 3 is 2.07 bits per heavy atom. The third-order valence-corrected chi connectivity index (χ3v) is 14.1. The molecule has 1 N–H and O–H groups in total. The molecule has 2 aliphatic rings. The molecule has 2 heterocycles. The summed E-state index contributed by atoms with van der Waals surface area (Å²) < 4.78 is 57.8. The highest BCUT2D eigenvalue weighted by Crippen LogP contribution is 2.41. The number of carbonyl (C=O) groups excluding carboxylic acids is 4. The van der Waals surface area contributed by atoms with Crippen molar-refractivity contribution in [1.29, 1.82) is 0 Å². The summed E-state index contributed by atoms with van der Waals surface area (Å²) in [4.78, 5) is 56.5. The number of nitrogens with zero attached hydrogens (tertiary/aromatic N) is 1. The number of terminal acetylenes is 1. The van der Waals surface area contributed by atoms with Gasteiger partial charge in [-0.25, -0.2) is 24.2 Å². The molecule has 3 unspecified atom stereocenters. The lowest BCUT2D eigenvalue weighted by molar-refractivity contribution is -0.136. The van der Waals surface area contributed by atoms with E-state index < -0.39 is 23.9 Å². The molecule has 390 valence electrons. The smallest absolute Gasteiger partial charge is 0.384 e. The molecular weight excluding hydrogens is 1020 g/mol. The summed E-state index contributed by atoms with van der Waals surface area (Å²) in [6.07, 6.45) is 13.3. The maximum absolute atomic E-state index is 13.5. The van der Waals surface area contributed by atoms with E-state index in [0.29, 0.717) is 63.2 Å². The molecule has 19 heteroatoms. The lowest BCUT2D eigenvalue weighted by Crippen LogP contribution is -2.18.